The van der Waals surface area contributed by atoms with Gasteiger partial charge in [-0.3, -0.25) is 0 Å². The second-order valence-corrected chi connectivity index (χ2v) is 5.96. The van der Waals surface area contributed by atoms with E-state index in [2.05, 4.69) is 4.74 Å². The summed E-state index contributed by atoms with van der Waals surface area (Å²) in [6, 6.07) is 6.04. The van der Waals surface area contributed by atoms with Crippen molar-refractivity contribution in [3.63, 3.8) is 0 Å². The summed E-state index contributed by atoms with van der Waals surface area (Å²) < 4.78 is 46.2. The van der Waals surface area contributed by atoms with E-state index in [4.69, 9.17) is 10.5 Å². The van der Waals surface area contributed by atoms with Crippen LogP contribution in [-0.2, 0) is 11.2 Å². The Balaban J connectivity index is 1.70. The van der Waals surface area contributed by atoms with Crippen LogP contribution < -0.4 is 10.5 Å². The first kappa shape index (κ1) is 14.7. The van der Waals surface area contributed by atoms with Crippen LogP contribution in [-0.4, -0.2) is 25.1 Å². The lowest BCUT2D eigenvalue weighted by Crippen LogP contribution is -2.41. The number of fused-ring (bicyclic) bond motifs is 2. The smallest absolute Gasteiger partial charge is 0.406 e. The number of rotatable bonds is 4. The van der Waals surface area contributed by atoms with E-state index in [-0.39, 0.29) is 17.3 Å². The Morgan fingerprint density at radius 3 is 2.43 bits per heavy atom. The molecule has 2 aliphatic rings. The van der Waals surface area contributed by atoms with Gasteiger partial charge in [-0.05, 0) is 43.4 Å². The van der Waals surface area contributed by atoms with Gasteiger partial charge in [0.05, 0.1) is 12.2 Å². The van der Waals surface area contributed by atoms with Gasteiger partial charge in [-0.15, -0.1) is 13.2 Å². The van der Waals surface area contributed by atoms with Gasteiger partial charge in [0.15, 0.2) is 0 Å². The van der Waals surface area contributed by atoms with Crippen LogP contribution in [0.5, 0.6) is 5.75 Å². The molecule has 1 aromatic carbocycles. The molecule has 21 heavy (non-hydrogen) atoms. The predicted octanol–water partition coefficient (Wildman–Crippen LogP) is 3.02. The third-order valence-corrected chi connectivity index (χ3v) is 4.54. The summed E-state index contributed by atoms with van der Waals surface area (Å²) in [6.45, 7) is 0.537. The maximum Gasteiger partial charge on any atom is 0.573 e. The highest BCUT2D eigenvalue weighted by Gasteiger charge is 2.51. The molecule has 0 saturated carbocycles. The molecule has 2 N–H and O–H groups in total. The Labute approximate surface area is 121 Å². The van der Waals surface area contributed by atoms with E-state index in [1.807, 2.05) is 0 Å². The summed E-state index contributed by atoms with van der Waals surface area (Å²) in [7, 11) is 0. The molecule has 3 rings (SSSR count). The number of alkyl halides is 3. The lowest BCUT2D eigenvalue weighted by molar-refractivity contribution is -0.274. The van der Waals surface area contributed by atoms with Crippen LogP contribution in [0, 0.1) is 5.41 Å². The van der Waals surface area contributed by atoms with E-state index in [0.717, 1.165) is 31.2 Å². The number of hydrogen-bond acceptors (Lipinski definition) is 3. The molecule has 6 heteroatoms. The Morgan fingerprint density at radius 2 is 1.95 bits per heavy atom. The summed E-state index contributed by atoms with van der Waals surface area (Å²) in [5, 5.41) is 0. The van der Waals surface area contributed by atoms with Crippen molar-refractivity contribution in [1.29, 1.82) is 0 Å². The van der Waals surface area contributed by atoms with Gasteiger partial charge in [0, 0.05) is 12.0 Å². The van der Waals surface area contributed by atoms with Crippen LogP contribution in [0.2, 0.25) is 0 Å². The second-order valence-electron chi connectivity index (χ2n) is 5.96. The van der Waals surface area contributed by atoms with Gasteiger partial charge in [-0.25, -0.2) is 0 Å². The molecule has 0 aliphatic carbocycles. The molecule has 2 fully saturated rings. The molecule has 2 heterocycles. The van der Waals surface area contributed by atoms with Crippen molar-refractivity contribution < 1.29 is 22.6 Å². The highest BCUT2D eigenvalue weighted by Crippen LogP contribution is 2.49. The molecule has 0 radical (unpaired) electrons. The van der Waals surface area contributed by atoms with Gasteiger partial charge < -0.3 is 15.2 Å². The fraction of sp³-hybridized carbons (Fsp3) is 0.600. The molecule has 0 spiro atoms. The molecular formula is C15H18F3NO2. The number of benzene rings is 1. The second kappa shape index (κ2) is 5.18. The number of halogens is 3. The molecule has 2 bridgehead atoms. The lowest BCUT2D eigenvalue weighted by Gasteiger charge is -2.34. The Hall–Kier alpha value is -1.27. The number of nitrogens with two attached hydrogens (primary N) is 1. The zero-order valence-electron chi connectivity index (χ0n) is 11.5. The molecule has 0 amide bonds. The van der Waals surface area contributed by atoms with Crippen LogP contribution in [0.25, 0.3) is 0 Å². The fourth-order valence-corrected chi connectivity index (χ4v) is 3.58. The summed E-state index contributed by atoms with van der Waals surface area (Å²) >= 11 is 0. The van der Waals surface area contributed by atoms with Crippen molar-refractivity contribution in [2.45, 2.75) is 44.3 Å². The van der Waals surface area contributed by atoms with Gasteiger partial charge in [-0.2, -0.15) is 0 Å². The summed E-state index contributed by atoms with van der Waals surface area (Å²) in [4.78, 5) is 0. The molecule has 3 nitrogen and oxygen atoms in total. The molecular weight excluding hydrogens is 283 g/mol. The Kier molecular flexibility index (Phi) is 3.61. The zero-order valence-corrected chi connectivity index (χ0v) is 11.5. The van der Waals surface area contributed by atoms with Gasteiger partial charge in [0.25, 0.3) is 0 Å². The minimum Gasteiger partial charge on any atom is -0.406 e. The average molecular weight is 301 g/mol. The molecule has 2 saturated heterocycles. The minimum atomic E-state index is -4.65. The number of ether oxygens (including phenoxy) is 2. The van der Waals surface area contributed by atoms with Gasteiger partial charge >= 0.3 is 6.36 Å². The van der Waals surface area contributed by atoms with Gasteiger partial charge in [0.2, 0.25) is 0 Å². The Bertz CT molecular complexity index is 503. The third-order valence-electron chi connectivity index (χ3n) is 4.54. The van der Waals surface area contributed by atoms with Crippen LogP contribution in [0.15, 0.2) is 24.3 Å². The van der Waals surface area contributed by atoms with Gasteiger partial charge in [0.1, 0.15) is 5.75 Å². The topological polar surface area (TPSA) is 44.5 Å². The van der Waals surface area contributed by atoms with Crippen molar-refractivity contribution in [2.24, 2.45) is 11.1 Å². The van der Waals surface area contributed by atoms with Crippen molar-refractivity contribution >= 4 is 0 Å². The Morgan fingerprint density at radius 1 is 1.24 bits per heavy atom. The number of hydrogen-bond donors (Lipinski definition) is 1. The standard InChI is InChI=1S/C15H18F3NO2/c16-15(17,18)21-11-3-1-10(2-4-11)7-14(9-19)8-12-5-6-13(14)20-12/h1-4,12-13H,5-9,19H2. The largest absolute Gasteiger partial charge is 0.573 e. The molecule has 0 aromatic heterocycles. The quantitative estimate of drug-likeness (QED) is 0.929. The normalized spacial score (nSPS) is 31.6. The lowest BCUT2D eigenvalue weighted by atomic mass is 9.70. The van der Waals surface area contributed by atoms with E-state index >= 15 is 0 Å². The van der Waals surface area contributed by atoms with Crippen LogP contribution in [0.3, 0.4) is 0 Å². The van der Waals surface area contributed by atoms with Crippen molar-refractivity contribution in [1.82, 2.24) is 0 Å². The van der Waals surface area contributed by atoms with Gasteiger partial charge in [-0.1, -0.05) is 12.1 Å². The van der Waals surface area contributed by atoms with Crippen LogP contribution >= 0.6 is 0 Å². The average Bonchev–Trinajstić information content (AvgIpc) is 3.00. The van der Waals surface area contributed by atoms with E-state index in [9.17, 15) is 13.2 Å². The first-order chi connectivity index (χ1) is 9.90. The maximum atomic E-state index is 12.1. The van der Waals surface area contributed by atoms with E-state index in [0.29, 0.717) is 12.6 Å². The summed E-state index contributed by atoms with van der Waals surface area (Å²) in [5.74, 6) is -0.197. The summed E-state index contributed by atoms with van der Waals surface area (Å²) in [5.41, 5.74) is 6.85. The van der Waals surface area contributed by atoms with E-state index in [1.54, 1.807) is 12.1 Å². The molecule has 2 aliphatic heterocycles. The molecule has 116 valence electrons. The summed E-state index contributed by atoms with van der Waals surface area (Å²) in [6.07, 6.45) is -0.392. The van der Waals surface area contributed by atoms with Crippen molar-refractivity contribution in [3.05, 3.63) is 29.8 Å². The van der Waals surface area contributed by atoms with Crippen molar-refractivity contribution in [3.8, 4) is 5.75 Å². The predicted molar refractivity (Wildman–Crippen MR) is 70.8 cm³/mol. The maximum absolute atomic E-state index is 12.1. The third kappa shape index (κ3) is 3.01. The van der Waals surface area contributed by atoms with Crippen molar-refractivity contribution in [2.75, 3.05) is 6.54 Å². The van der Waals surface area contributed by atoms with Crippen LogP contribution in [0.4, 0.5) is 13.2 Å². The van der Waals surface area contributed by atoms with E-state index < -0.39 is 6.36 Å². The van der Waals surface area contributed by atoms with E-state index in [1.165, 1.54) is 12.1 Å². The molecule has 1 aromatic rings. The SMILES string of the molecule is NCC1(Cc2ccc(OC(F)(F)F)cc2)CC2CCC1O2. The first-order valence-electron chi connectivity index (χ1n) is 7.10. The highest BCUT2D eigenvalue weighted by atomic mass is 19.4. The fourth-order valence-electron chi connectivity index (χ4n) is 3.58. The van der Waals surface area contributed by atoms with Crippen LogP contribution in [0.1, 0.15) is 24.8 Å². The molecule has 3 unspecified atom stereocenters. The zero-order chi connectivity index (χ0) is 15.1. The monoisotopic (exact) mass is 301 g/mol. The highest BCUT2D eigenvalue weighted by molar-refractivity contribution is 5.29. The molecule has 3 atom stereocenters. The minimum absolute atomic E-state index is 0.0741. The first-order valence-corrected chi connectivity index (χ1v) is 7.10.